The van der Waals surface area contributed by atoms with Gasteiger partial charge in [0.2, 0.25) is 0 Å². The van der Waals surface area contributed by atoms with Gasteiger partial charge in [0.15, 0.2) is 0 Å². The van der Waals surface area contributed by atoms with Gasteiger partial charge in [-0.15, -0.1) is 11.3 Å². The topological polar surface area (TPSA) is 80.3 Å². The third-order valence-electron chi connectivity index (χ3n) is 4.74. The van der Waals surface area contributed by atoms with Gasteiger partial charge in [-0.3, -0.25) is 14.6 Å². The minimum Gasteiger partial charge on any atom is -0.494 e. The zero-order chi connectivity index (χ0) is 20.2. The van der Waals surface area contributed by atoms with Crippen LogP contribution in [0.25, 0.3) is 0 Å². The average molecular weight is 407 g/mol. The summed E-state index contributed by atoms with van der Waals surface area (Å²) in [6.07, 6.45) is 5.96. The number of nitrogens with one attached hydrogen (secondary N) is 2. The number of hydrogen-bond acceptors (Lipinski definition) is 5. The number of anilines is 2. The van der Waals surface area contributed by atoms with Crippen molar-refractivity contribution < 1.29 is 14.3 Å². The zero-order valence-electron chi connectivity index (χ0n) is 16.0. The van der Waals surface area contributed by atoms with E-state index in [4.69, 9.17) is 4.74 Å². The van der Waals surface area contributed by atoms with Gasteiger partial charge in [0.1, 0.15) is 10.8 Å². The Morgan fingerprint density at radius 2 is 1.79 bits per heavy atom. The van der Waals surface area contributed by atoms with Gasteiger partial charge in [0.25, 0.3) is 11.8 Å². The number of nitrogens with zero attached hydrogens (tertiary/aromatic N) is 1. The van der Waals surface area contributed by atoms with Crippen molar-refractivity contribution in [2.75, 3.05) is 17.2 Å². The maximum Gasteiger partial charge on any atom is 0.258 e. The lowest BCUT2D eigenvalue weighted by atomic mass is 10.1. The van der Waals surface area contributed by atoms with Gasteiger partial charge in [-0.05, 0) is 68.1 Å². The average Bonchev–Trinajstić information content (AvgIpc) is 3.31. The first kappa shape index (κ1) is 19.1. The SMILES string of the molecule is CCOc1ccc(NC(=O)c2c(NC(=O)c3ccncc3)sc3c2CCC3)cc1. The number of amides is 2. The van der Waals surface area contributed by atoms with E-state index in [1.165, 1.54) is 16.2 Å². The van der Waals surface area contributed by atoms with E-state index in [0.717, 1.165) is 30.6 Å². The van der Waals surface area contributed by atoms with Crippen molar-refractivity contribution >= 4 is 33.8 Å². The largest absolute Gasteiger partial charge is 0.494 e. The van der Waals surface area contributed by atoms with Gasteiger partial charge in [0.05, 0.1) is 12.2 Å². The lowest BCUT2D eigenvalue weighted by molar-refractivity contribution is 0.102. The number of thiophene rings is 1. The first-order chi connectivity index (χ1) is 14.2. The van der Waals surface area contributed by atoms with E-state index in [1.807, 2.05) is 31.2 Å². The summed E-state index contributed by atoms with van der Waals surface area (Å²) < 4.78 is 5.44. The molecule has 1 aromatic carbocycles. The van der Waals surface area contributed by atoms with Crippen molar-refractivity contribution in [2.45, 2.75) is 26.2 Å². The molecule has 2 N–H and O–H groups in total. The normalized spacial score (nSPS) is 12.3. The van der Waals surface area contributed by atoms with E-state index in [9.17, 15) is 9.59 Å². The Labute approximate surface area is 172 Å². The number of carbonyl (C=O) groups is 2. The highest BCUT2D eigenvalue weighted by molar-refractivity contribution is 7.17. The summed E-state index contributed by atoms with van der Waals surface area (Å²) in [6, 6.07) is 10.6. The molecular formula is C22H21N3O3S. The molecule has 0 fully saturated rings. The third kappa shape index (κ3) is 4.14. The van der Waals surface area contributed by atoms with Crippen LogP contribution in [0.4, 0.5) is 10.7 Å². The van der Waals surface area contributed by atoms with Gasteiger partial charge in [0, 0.05) is 28.5 Å². The van der Waals surface area contributed by atoms with Crippen LogP contribution < -0.4 is 15.4 Å². The molecule has 3 aromatic rings. The van der Waals surface area contributed by atoms with E-state index in [-0.39, 0.29) is 11.8 Å². The summed E-state index contributed by atoms with van der Waals surface area (Å²) >= 11 is 1.49. The maximum atomic E-state index is 13.1. The lowest BCUT2D eigenvalue weighted by Crippen LogP contribution is -2.18. The van der Waals surface area contributed by atoms with Crippen LogP contribution in [0.2, 0.25) is 0 Å². The van der Waals surface area contributed by atoms with Crippen molar-refractivity contribution in [3.63, 3.8) is 0 Å². The molecule has 6 nitrogen and oxygen atoms in total. The van der Waals surface area contributed by atoms with Crippen LogP contribution in [0.5, 0.6) is 5.75 Å². The Balaban J connectivity index is 1.57. The van der Waals surface area contributed by atoms with Crippen LogP contribution in [-0.2, 0) is 12.8 Å². The first-order valence-electron chi connectivity index (χ1n) is 9.56. The molecule has 0 aliphatic heterocycles. The molecule has 0 bridgehead atoms. The Hall–Kier alpha value is -3.19. The fourth-order valence-electron chi connectivity index (χ4n) is 3.41. The summed E-state index contributed by atoms with van der Waals surface area (Å²) in [6.45, 7) is 2.52. The van der Waals surface area contributed by atoms with Crippen molar-refractivity contribution in [1.82, 2.24) is 4.98 Å². The van der Waals surface area contributed by atoms with E-state index in [1.54, 1.807) is 24.5 Å². The Morgan fingerprint density at radius 1 is 1.03 bits per heavy atom. The minimum absolute atomic E-state index is 0.210. The molecule has 0 atom stereocenters. The standard InChI is InChI=1S/C22H21N3O3S/c1-2-28-16-8-6-15(7-9-16)24-21(27)19-17-4-3-5-18(17)29-22(19)25-20(26)14-10-12-23-13-11-14/h6-13H,2-5H2,1H3,(H,24,27)(H,25,26). The molecule has 0 unspecified atom stereocenters. The Kier molecular flexibility index (Phi) is 5.57. The summed E-state index contributed by atoms with van der Waals surface area (Å²) in [5.74, 6) is 0.299. The number of aryl methyl sites for hydroxylation is 1. The van der Waals surface area contributed by atoms with Gasteiger partial charge in [-0.1, -0.05) is 0 Å². The van der Waals surface area contributed by atoms with E-state index < -0.39 is 0 Å². The lowest BCUT2D eigenvalue weighted by Gasteiger charge is -2.10. The van der Waals surface area contributed by atoms with Crippen molar-refractivity contribution in [3.8, 4) is 5.75 Å². The maximum absolute atomic E-state index is 13.1. The predicted octanol–water partition coefficient (Wildman–Crippen LogP) is 4.54. The number of pyridine rings is 1. The molecule has 1 aliphatic rings. The smallest absolute Gasteiger partial charge is 0.258 e. The van der Waals surface area contributed by atoms with Crippen LogP contribution >= 0.6 is 11.3 Å². The van der Waals surface area contributed by atoms with E-state index >= 15 is 0 Å². The molecule has 2 heterocycles. The Morgan fingerprint density at radius 3 is 2.52 bits per heavy atom. The molecular weight excluding hydrogens is 386 g/mol. The fourth-order valence-corrected chi connectivity index (χ4v) is 4.69. The van der Waals surface area contributed by atoms with Crippen LogP contribution in [-0.4, -0.2) is 23.4 Å². The van der Waals surface area contributed by atoms with Crippen molar-refractivity contribution in [3.05, 3.63) is 70.4 Å². The molecule has 0 spiro atoms. The molecule has 0 saturated carbocycles. The number of benzene rings is 1. The van der Waals surface area contributed by atoms with Crippen LogP contribution in [0.1, 0.15) is 44.5 Å². The molecule has 148 valence electrons. The number of aromatic nitrogens is 1. The van der Waals surface area contributed by atoms with Gasteiger partial charge >= 0.3 is 0 Å². The molecule has 2 amide bonds. The van der Waals surface area contributed by atoms with E-state index in [2.05, 4.69) is 15.6 Å². The molecule has 1 aliphatic carbocycles. The zero-order valence-corrected chi connectivity index (χ0v) is 16.8. The second-order valence-corrected chi connectivity index (χ2v) is 7.77. The minimum atomic E-state index is -0.248. The molecule has 4 rings (SSSR count). The summed E-state index contributed by atoms with van der Waals surface area (Å²) in [5.41, 5.74) is 2.80. The predicted molar refractivity (Wildman–Crippen MR) is 114 cm³/mol. The molecule has 0 saturated heterocycles. The quantitative estimate of drug-likeness (QED) is 0.629. The second kappa shape index (κ2) is 8.45. The molecule has 29 heavy (non-hydrogen) atoms. The second-order valence-electron chi connectivity index (χ2n) is 6.66. The summed E-state index contributed by atoms with van der Waals surface area (Å²) in [4.78, 5) is 30.8. The van der Waals surface area contributed by atoms with Gasteiger partial charge in [-0.25, -0.2) is 0 Å². The summed E-state index contributed by atoms with van der Waals surface area (Å²) in [5, 5.41) is 6.46. The monoisotopic (exact) mass is 407 g/mol. The number of hydrogen-bond donors (Lipinski definition) is 2. The van der Waals surface area contributed by atoms with Gasteiger partial charge < -0.3 is 15.4 Å². The van der Waals surface area contributed by atoms with Crippen molar-refractivity contribution in [2.24, 2.45) is 0 Å². The van der Waals surface area contributed by atoms with E-state index in [0.29, 0.717) is 28.4 Å². The number of carbonyl (C=O) groups excluding carboxylic acids is 2. The molecule has 2 aromatic heterocycles. The number of fused-ring (bicyclic) bond motifs is 1. The van der Waals surface area contributed by atoms with Gasteiger partial charge in [-0.2, -0.15) is 0 Å². The Bertz CT molecular complexity index is 1030. The molecule has 0 radical (unpaired) electrons. The highest BCUT2D eigenvalue weighted by atomic mass is 32.1. The first-order valence-corrected chi connectivity index (χ1v) is 10.4. The third-order valence-corrected chi connectivity index (χ3v) is 5.95. The fraction of sp³-hybridized carbons (Fsp3) is 0.227. The van der Waals surface area contributed by atoms with Crippen LogP contribution in [0, 0.1) is 0 Å². The highest BCUT2D eigenvalue weighted by Gasteiger charge is 2.27. The number of ether oxygens (including phenoxy) is 1. The van der Waals surface area contributed by atoms with Crippen molar-refractivity contribution in [1.29, 1.82) is 0 Å². The van der Waals surface area contributed by atoms with Crippen LogP contribution in [0.3, 0.4) is 0 Å². The van der Waals surface area contributed by atoms with Crippen LogP contribution in [0.15, 0.2) is 48.8 Å². The summed E-state index contributed by atoms with van der Waals surface area (Å²) in [7, 11) is 0. The molecule has 7 heteroatoms. The number of rotatable bonds is 6. The highest BCUT2D eigenvalue weighted by Crippen LogP contribution is 2.39.